The molecule has 0 spiro atoms. The highest BCUT2D eigenvalue weighted by Gasteiger charge is 2.17. The van der Waals surface area contributed by atoms with Gasteiger partial charge in [0.05, 0.1) is 0 Å². The lowest BCUT2D eigenvalue weighted by Crippen LogP contribution is -2.25. The van der Waals surface area contributed by atoms with Crippen LogP contribution in [0.1, 0.15) is 46.0 Å². The summed E-state index contributed by atoms with van der Waals surface area (Å²) in [7, 11) is 0. The van der Waals surface area contributed by atoms with Crippen LogP contribution in [0.2, 0.25) is 0 Å². The molecule has 1 aliphatic rings. The molecule has 0 aromatic carbocycles. The lowest BCUT2D eigenvalue weighted by atomic mass is 9.90. The van der Waals surface area contributed by atoms with Gasteiger partial charge >= 0.3 is 0 Å². The maximum Gasteiger partial charge on any atom is 0.0494 e. The molecular weight excluding hydrogens is 174 g/mol. The van der Waals surface area contributed by atoms with Crippen LogP contribution in [0.25, 0.3) is 0 Å². The van der Waals surface area contributed by atoms with Gasteiger partial charge in [0.1, 0.15) is 0 Å². The molecule has 0 amide bonds. The molecule has 2 N–H and O–H groups in total. The van der Waals surface area contributed by atoms with Crippen LogP contribution in [0, 0.1) is 11.3 Å². The van der Waals surface area contributed by atoms with Gasteiger partial charge in [-0.2, -0.15) is 0 Å². The Bertz CT molecular complexity index is 150. The molecule has 0 atom stereocenters. The first-order valence-electron chi connectivity index (χ1n) is 5.92. The summed E-state index contributed by atoms with van der Waals surface area (Å²) in [5.41, 5.74) is 5.90. The van der Waals surface area contributed by atoms with Crippen LogP contribution in [-0.4, -0.2) is 19.8 Å². The van der Waals surface area contributed by atoms with Crippen molar-refractivity contribution >= 4 is 0 Å². The van der Waals surface area contributed by atoms with E-state index in [4.69, 9.17) is 10.5 Å². The zero-order chi connectivity index (χ0) is 10.4. The summed E-state index contributed by atoms with van der Waals surface area (Å²) in [4.78, 5) is 0. The van der Waals surface area contributed by atoms with Gasteiger partial charge in [-0.25, -0.2) is 0 Å². The number of hydrogen-bond donors (Lipinski definition) is 1. The van der Waals surface area contributed by atoms with Gasteiger partial charge in [-0.3, -0.25) is 0 Å². The number of rotatable bonds is 6. The van der Waals surface area contributed by atoms with Crippen LogP contribution in [0.5, 0.6) is 0 Å². The van der Waals surface area contributed by atoms with Gasteiger partial charge in [-0.15, -0.1) is 0 Å². The Morgan fingerprint density at radius 2 is 1.93 bits per heavy atom. The first-order valence-corrected chi connectivity index (χ1v) is 5.92. The van der Waals surface area contributed by atoms with E-state index in [0.29, 0.717) is 0 Å². The Balaban J connectivity index is 1.98. The Labute approximate surface area is 88.2 Å². The molecule has 0 saturated heterocycles. The number of hydrogen-bond acceptors (Lipinski definition) is 2. The molecule has 0 aromatic heterocycles. The van der Waals surface area contributed by atoms with Gasteiger partial charge in [-0.05, 0) is 37.1 Å². The quantitative estimate of drug-likeness (QED) is 0.667. The average Bonchev–Trinajstić information content (AvgIpc) is 2.65. The first-order chi connectivity index (χ1) is 6.64. The minimum Gasteiger partial charge on any atom is -0.381 e. The molecule has 0 aliphatic heterocycles. The minimum atomic E-state index is 0.246. The molecule has 2 nitrogen and oxygen atoms in total. The summed E-state index contributed by atoms with van der Waals surface area (Å²) in [5.74, 6) is 0.844. The predicted octanol–water partition coefficient (Wildman–Crippen LogP) is 2.57. The van der Waals surface area contributed by atoms with Crippen LogP contribution in [-0.2, 0) is 4.74 Å². The van der Waals surface area contributed by atoms with E-state index in [0.717, 1.165) is 32.1 Å². The van der Waals surface area contributed by atoms with Gasteiger partial charge in [0.2, 0.25) is 0 Å². The molecule has 14 heavy (non-hydrogen) atoms. The third kappa shape index (κ3) is 4.43. The van der Waals surface area contributed by atoms with E-state index in [9.17, 15) is 0 Å². The summed E-state index contributed by atoms with van der Waals surface area (Å²) in [5, 5.41) is 0. The van der Waals surface area contributed by atoms with Crippen molar-refractivity contribution in [2.24, 2.45) is 17.1 Å². The SMILES string of the molecule is CC(C)(CN)CCOCC1CCCC1. The van der Waals surface area contributed by atoms with Gasteiger partial charge in [0.15, 0.2) is 0 Å². The van der Waals surface area contributed by atoms with E-state index in [-0.39, 0.29) is 5.41 Å². The minimum absolute atomic E-state index is 0.246. The molecule has 1 fully saturated rings. The van der Waals surface area contributed by atoms with E-state index >= 15 is 0 Å². The van der Waals surface area contributed by atoms with Crippen molar-refractivity contribution in [2.45, 2.75) is 46.0 Å². The summed E-state index contributed by atoms with van der Waals surface area (Å²) in [6, 6.07) is 0. The highest BCUT2D eigenvalue weighted by atomic mass is 16.5. The standard InChI is InChI=1S/C12H25NO/c1-12(2,10-13)7-8-14-9-11-5-3-4-6-11/h11H,3-10,13H2,1-2H3. The first kappa shape index (κ1) is 12.0. The van der Waals surface area contributed by atoms with Gasteiger partial charge in [-0.1, -0.05) is 26.7 Å². The Hall–Kier alpha value is -0.0800. The lowest BCUT2D eigenvalue weighted by molar-refractivity contribution is 0.0795. The summed E-state index contributed by atoms with van der Waals surface area (Å²) >= 11 is 0. The largest absolute Gasteiger partial charge is 0.381 e. The van der Waals surface area contributed by atoms with Crippen molar-refractivity contribution in [1.29, 1.82) is 0 Å². The Morgan fingerprint density at radius 1 is 1.29 bits per heavy atom. The van der Waals surface area contributed by atoms with Gasteiger partial charge in [0, 0.05) is 13.2 Å². The van der Waals surface area contributed by atoms with Crippen LogP contribution < -0.4 is 5.73 Å². The molecule has 1 saturated carbocycles. The zero-order valence-electron chi connectivity index (χ0n) is 9.72. The van der Waals surface area contributed by atoms with Crippen molar-refractivity contribution in [2.75, 3.05) is 19.8 Å². The fourth-order valence-electron chi connectivity index (χ4n) is 1.88. The maximum absolute atomic E-state index is 5.70. The molecule has 84 valence electrons. The van der Waals surface area contributed by atoms with Crippen LogP contribution >= 0.6 is 0 Å². The fraction of sp³-hybridized carbons (Fsp3) is 1.00. The molecule has 0 radical (unpaired) electrons. The normalized spacial score (nSPS) is 19.1. The maximum atomic E-state index is 5.70. The molecule has 0 bridgehead atoms. The van der Waals surface area contributed by atoms with E-state index in [1.807, 2.05) is 0 Å². The highest BCUT2D eigenvalue weighted by molar-refractivity contribution is 4.69. The second-order valence-electron chi connectivity index (χ2n) is 5.34. The van der Waals surface area contributed by atoms with Crippen molar-refractivity contribution in [3.8, 4) is 0 Å². The highest BCUT2D eigenvalue weighted by Crippen LogP contribution is 2.25. The lowest BCUT2D eigenvalue weighted by Gasteiger charge is -2.22. The van der Waals surface area contributed by atoms with Crippen LogP contribution in [0.4, 0.5) is 0 Å². The second-order valence-corrected chi connectivity index (χ2v) is 5.34. The smallest absolute Gasteiger partial charge is 0.0494 e. The van der Waals surface area contributed by atoms with E-state index in [1.54, 1.807) is 0 Å². The van der Waals surface area contributed by atoms with Crippen molar-refractivity contribution in [3.63, 3.8) is 0 Å². The van der Waals surface area contributed by atoms with E-state index in [1.165, 1.54) is 25.7 Å². The topological polar surface area (TPSA) is 35.2 Å². The molecule has 2 heteroatoms. The number of nitrogens with two attached hydrogens (primary N) is 1. The van der Waals surface area contributed by atoms with Crippen LogP contribution in [0.15, 0.2) is 0 Å². The van der Waals surface area contributed by atoms with Crippen LogP contribution in [0.3, 0.4) is 0 Å². The Kier molecular flexibility index (Phi) is 4.90. The third-order valence-corrected chi connectivity index (χ3v) is 3.30. The summed E-state index contributed by atoms with van der Waals surface area (Å²) < 4.78 is 5.70. The molecular formula is C12H25NO. The van der Waals surface area contributed by atoms with E-state index < -0.39 is 0 Å². The van der Waals surface area contributed by atoms with Crippen molar-refractivity contribution in [3.05, 3.63) is 0 Å². The predicted molar refractivity (Wildman–Crippen MR) is 60.2 cm³/mol. The van der Waals surface area contributed by atoms with Gasteiger partial charge < -0.3 is 10.5 Å². The number of ether oxygens (including phenoxy) is 1. The van der Waals surface area contributed by atoms with Gasteiger partial charge in [0.25, 0.3) is 0 Å². The third-order valence-electron chi connectivity index (χ3n) is 3.30. The van der Waals surface area contributed by atoms with Crippen molar-refractivity contribution < 1.29 is 4.74 Å². The molecule has 1 aliphatic carbocycles. The molecule has 0 unspecified atom stereocenters. The van der Waals surface area contributed by atoms with E-state index in [2.05, 4.69) is 13.8 Å². The molecule has 0 aromatic rings. The molecule has 0 heterocycles. The summed E-state index contributed by atoms with van der Waals surface area (Å²) in [6.45, 7) is 7.00. The molecule has 1 rings (SSSR count). The second kappa shape index (κ2) is 5.72. The van der Waals surface area contributed by atoms with Crippen molar-refractivity contribution in [1.82, 2.24) is 0 Å². The average molecular weight is 199 g/mol. The monoisotopic (exact) mass is 199 g/mol. The summed E-state index contributed by atoms with van der Waals surface area (Å²) in [6.07, 6.45) is 6.64. The zero-order valence-corrected chi connectivity index (χ0v) is 9.72. The Morgan fingerprint density at radius 3 is 2.50 bits per heavy atom. The fourth-order valence-corrected chi connectivity index (χ4v) is 1.88.